The van der Waals surface area contributed by atoms with E-state index in [-0.39, 0.29) is 12.5 Å². The van der Waals surface area contributed by atoms with Crippen LogP contribution in [0.5, 0.6) is 0 Å². The van der Waals surface area contributed by atoms with Gasteiger partial charge in [0.2, 0.25) is 0 Å². The van der Waals surface area contributed by atoms with E-state index in [1.54, 1.807) is 0 Å². The first-order valence-corrected chi connectivity index (χ1v) is 2.93. The van der Waals surface area contributed by atoms with Crippen molar-refractivity contribution < 1.29 is 9.90 Å². The third-order valence-corrected chi connectivity index (χ3v) is 1.72. The summed E-state index contributed by atoms with van der Waals surface area (Å²) in [5, 5.41) is 8.48. The molecule has 0 amide bonds. The van der Waals surface area contributed by atoms with Crippen LogP contribution >= 0.6 is 0 Å². The summed E-state index contributed by atoms with van der Waals surface area (Å²) in [6.07, 6.45) is 2.78. The molecule has 0 aromatic heterocycles. The van der Waals surface area contributed by atoms with E-state index in [1.807, 2.05) is 0 Å². The maximum absolute atomic E-state index is 9.97. The smallest absolute Gasteiger partial charge is 0.123 e. The van der Waals surface area contributed by atoms with Crippen LogP contribution in [-0.2, 0) is 4.79 Å². The van der Waals surface area contributed by atoms with Gasteiger partial charge in [-0.1, -0.05) is 0 Å². The van der Waals surface area contributed by atoms with Gasteiger partial charge in [0.1, 0.15) is 6.29 Å². The zero-order valence-corrected chi connectivity index (χ0v) is 4.71. The first kappa shape index (κ1) is 5.76. The van der Waals surface area contributed by atoms with Gasteiger partial charge in [-0.25, -0.2) is 0 Å². The van der Waals surface area contributed by atoms with Crippen LogP contribution in [-0.4, -0.2) is 18.0 Å². The van der Waals surface area contributed by atoms with Crippen LogP contribution in [0.4, 0.5) is 0 Å². The minimum atomic E-state index is 0.254. The first-order chi connectivity index (χ1) is 3.86. The molecule has 46 valence electrons. The molecular weight excluding hydrogens is 104 g/mol. The fourth-order valence-electron chi connectivity index (χ4n) is 1.05. The molecule has 0 aromatic rings. The number of hydrogen-bond donors (Lipinski definition) is 1. The van der Waals surface area contributed by atoms with E-state index in [0.717, 1.165) is 19.1 Å². The van der Waals surface area contributed by atoms with E-state index in [0.29, 0.717) is 5.92 Å². The quantitative estimate of drug-likeness (QED) is 0.521. The van der Waals surface area contributed by atoms with Crippen molar-refractivity contribution in [2.24, 2.45) is 11.8 Å². The van der Waals surface area contributed by atoms with Crippen molar-refractivity contribution in [1.82, 2.24) is 0 Å². The Balaban J connectivity index is 2.11. The molecule has 2 heteroatoms. The van der Waals surface area contributed by atoms with Crippen molar-refractivity contribution in [3.05, 3.63) is 0 Å². The van der Waals surface area contributed by atoms with Gasteiger partial charge in [-0.05, 0) is 18.8 Å². The van der Waals surface area contributed by atoms with Gasteiger partial charge in [0.25, 0.3) is 0 Å². The molecule has 0 spiro atoms. The molecule has 0 radical (unpaired) electrons. The largest absolute Gasteiger partial charge is 0.396 e. The van der Waals surface area contributed by atoms with Crippen LogP contribution in [0, 0.1) is 11.8 Å². The molecule has 1 fully saturated rings. The maximum atomic E-state index is 9.97. The van der Waals surface area contributed by atoms with Gasteiger partial charge in [0.15, 0.2) is 0 Å². The lowest BCUT2D eigenvalue weighted by Gasteiger charge is -2.29. The van der Waals surface area contributed by atoms with Gasteiger partial charge < -0.3 is 9.90 Å². The Morgan fingerprint density at radius 3 is 2.62 bits per heavy atom. The summed E-state index contributed by atoms with van der Waals surface area (Å²) >= 11 is 0. The summed E-state index contributed by atoms with van der Waals surface area (Å²) in [6.45, 7) is 0.254. The number of aldehydes is 1. The number of aliphatic hydroxyl groups excluding tert-OH is 1. The molecule has 0 aromatic carbocycles. The van der Waals surface area contributed by atoms with Crippen molar-refractivity contribution >= 4 is 6.29 Å². The highest BCUT2D eigenvalue weighted by atomic mass is 16.3. The van der Waals surface area contributed by atoms with Crippen LogP contribution in [0.15, 0.2) is 0 Å². The highest BCUT2D eigenvalue weighted by Crippen LogP contribution is 2.30. The van der Waals surface area contributed by atoms with Crippen molar-refractivity contribution in [1.29, 1.82) is 0 Å². The van der Waals surface area contributed by atoms with E-state index in [4.69, 9.17) is 5.11 Å². The van der Waals surface area contributed by atoms with E-state index in [9.17, 15) is 4.79 Å². The Labute approximate surface area is 48.5 Å². The lowest BCUT2D eigenvalue weighted by Crippen LogP contribution is -2.27. The molecule has 2 nitrogen and oxygen atoms in total. The van der Waals surface area contributed by atoms with Crippen LogP contribution < -0.4 is 0 Å². The second-order valence-corrected chi connectivity index (χ2v) is 2.42. The molecule has 0 heterocycles. The van der Waals surface area contributed by atoms with Gasteiger partial charge in [-0.2, -0.15) is 0 Å². The van der Waals surface area contributed by atoms with E-state index >= 15 is 0 Å². The number of carbonyl (C=O) groups excluding carboxylic acids is 1. The molecule has 1 saturated carbocycles. The molecule has 1 rings (SSSR count). The summed E-state index contributed by atoms with van der Waals surface area (Å²) in [7, 11) is 0. The minimum Gasteiger partial charge on any atom is -0.396 e. The molecule has 0 bridgehead atoms. The first-order valence-electron chi connectivity index (χ1n) is 2.93. The number of rotatable bonds is 2. The van der Waals surface area contributed by atoms with Crippen molar-refractivity contribution in [3.63, 3.8) is 0 Å². The van der Waals surface area contributed by atoms with Gasteiger partial charge >= 0.3 is 0 Å². The summed E-state index contributed by atoms with van der Waals surface area (Å²) in [4.78, 5) is 9.97. The summed E-state index contributed by atoms with van der Waals surface area (Å²) in [5.74, 6) is 0.678. The average Bonchev–Trinajstić information content (AvgIpc) is 1.65. The van der Waals surface area contributed by atoms with E-state index in [1.165, 1.54) is 0 Å². The molecule has 1 aliphatic rings. The lowest BCUT2D eigenvalue weighted by molar-refractivity contribution is -0.115. The number of aliphatic hydroxyl groups is 1. The van der Waals surface area contributed by atoms with Crippen LogP contribution in [0.1, 0.15) is 12.8 Å². The van der Waals surface area contributed by atoms with Crippen molar-refractivity contribution in [3.8, 4) is 0 Å². The van der Waals surface area contributed by atoms with Gasteiger partial charge in [-0.15, -0.1) is 0 Å². The van der Waals surface area contributed by atoms with Crippen LogP contribution in [0.2, 0.25) is 0 Å². The van der Waals surface area contributed by atoms with Crippen molar-refractivity contribution in [2.75, 3.05) is 6.61 Å². The van der Waals surface area contributed by atoms with Gasteiger partial charge in [0, 0.05) is 12.5 Å². The fourth-order valence-corrected chi connectivity index (χ4v) is 1.05. The standard InChI is InChI=1S/C6H10O2/c7-3-5-1-6(2-5)4-8/h3,5-6,8H,1-2,4H2. The van der Waals surface area contributed by atoms with Crippen LogP contribution in [0.25, 0.3) is 0 Å². The Bertz CT molecular complexity index is 84.5. The monoisotopic (exact) mass is 114 g/mol. The zero-order chi connectivity index (χ0) is 5.98. The minimum absolute atomic E-state index is 0.254. The number of carbonyl (C=O) groups is 1. The predicted octanol–water partition coefficient (Wildman–Crippen LogP) is 0.204. The SMILES string of the molecule is O=CC1CC(CO)C1. The Morgan fingerprint density at radius 2 is 2.25 bits per heavy atom. The summed E-state index contributed by atoms with van der Waals surface area (Å²) in [5.41, 5.74) is 0. The van der Waals surface area contributed by atoms with E-state index in [2.05, 4.69) is 0 Å². The number of hydrogen-bond acceptors (Lipinski definition) is 2. The predicted molar refractivity (Wildman–Crippen MR) is 29.4 cm³/mol. The Morgan fingerprint density at radius 1 is 1.62 bits per heavy atom. The highest BCUT2D eigenvalue weighted by Gasteiger charge is 2.27. The third-order valence-electron chi connectivity index (χ3n) is 1.72. The maximum Gasteiger partial charge on any atom is 0.123 e. The Hall–Kier alpha value is -0.370. The topological polar surface area (TPSA) is 37.3 Å². The normalized spacial score (nSPS) is 36.1. The second-order valence-electron chi connectivity index (χ2n) is 2.42. The zero-order valence-electron chi connectivity index (χ0n) is 4.71. The molecule has 1 N–H and O–H groups in total. The second kappa shape index (κ2) is 2.27. The summed E-state index contributed by atoms with van der Waals surface area (Å²) < 4.78 is 0. The third kappa shape index (κ3) is 0.892. The fraction of sp³-hybridized carbons (Fsp3) is 0.833. The lowest BCUT2D eigenvalue weighted by atomic mass is 9.76. The Kier molecular flexibility index (Phi) is 1.63. The van der Waals surface area contributed by atoms with Gasteiger partial charge in [0.05, 0.1) is 0 Å². The van der Waals surface area contributed by atoms with E-state index < -0.39 is 0 Å². The average molecular weight is 114 g/mol. The molecular formula is C6H10O2. The molecule has 1 aliphatic carbocycles. The molecule has 8 heavy (non-hydrogen) atoms. The molecule has 0 unspecified atom stereocenters. The highest BCUT2D eigenvalue weighted by molar-refractivity contribution is 5.54. The van der Waals surface area contributed by atoms with Crippen LogP contribution in [0.3, 0.4) is 0 Å². The molecule has 0 atom stereocenters. The molecule has 0 aliphatic heterocycles. The van der Waals surface area contributed by atoms with Gasteiger partial charge in [-0.3, -0.25) is 0 Å². The molecule has 0 saturated heterocycles. The summed E-state index contributed by atoms with van der Waals surface area (Å²) in [6, 6.07) is 0. The van der Waals surface area contributed by atoms with Crippen molar-refractivity contribution in [2.45, 2.75) is 12.8 Å².